The summed E-state index contributed by atoms with van der Waals surface area (Å²) >= 11 is 7.65. The van der Waals surface area contributed by atoms with Crippen LogP contribution in [0, 0.1) is 5.41 Å². The van der Waals surface area contributed by atoms with Gasteiger partial charge in [-0.15, -0.1) is 11.6 Å². The Bertz CT molecular complexity index is 319. The highest BCUT2D eigenvalue weighted by molar-refractivity contribution is 7.09. The van der Waals surface area contributed by atoms with Gasteiger partial charge in [-0.2, -0.15) is 4.37 Å². The molecule has 0 saturated heterocycles. The number of aromatic nitrogens is 2. The lowest BCUT2D eigenvalue weighted by Gasteiger charge is -2.21. The lowest BCUT2D eigenvalue weighted by Crippen LogP contribution is -2.20. The first-order valence-corrected chi connectivity index (χ1v) is 6.82. The molecular formula is C11H20ClN3S. The molecule has 0 amide bonds. The lowest BCUT2D eigenvalue weighted by atomic mass is 9.90. The summed E-state index contributed by atoms with van der Waals surface area (Å²) in [5.74, 6) is 0.898. The lowest BCUT2D eigenvalue weighted by molar-refractivity contribution is 0.373. The normalized spacial score (nSPS) is 13.8. The first kappa shape index (κ1) is 13.7. The van der Waals surface area contributed by atoms with Crippen molar-refractivity contribution in [1.82, 2.24) is 9.36 Å². The molecule has 0 aliphatic heterocycles. The summed E-state index contributed by atoms with van der Waals surface area (Å²) in [5, 5.41) is 4.24. The number of nitrogens with one attached hydrogen (secondary N) is 1. The predicted molar refractivity (Wildman–Crippen MR) is 71.5 cm³/mol. The number of anilines is 1. The van der Waals surface area contributed by atoms with Crippen molar-refractivity contribution in [1.29, 1.82) is 0 Å². The molecule has 1 atom stereocenters. The minimum atomic E-state index is 0.133. The van der Waals surface area contributed by atoms with Crippen molar-refractivity contribution in [2.24, 2.45) is 5.41 Å². The van der Waals surface area contributed by atoms with Crippen molar-refractivity contribution < 1.29 is 0 Å². The minimum Gasteiger partial charge on any atom is -0.359 e. The number of rotatable bonds is 5. The highest BCUT2D eigenvalue weighted by Gasteiger charge is 2.16. The molecule has 1 heterocycles. The highest BCUT2D eigenvalue weighted by atomic mass is 35.5. The molecule has 1 aromatic heterocycles. The smallest absolute Gasteiger partial charge is 0.202 e. The molecule has 1 N–H and O–H groups in total. The number of hydrogen-bond acceptors (Lipinski definition) is 4. The fraction of sp³-hybridized carbons (Fsp3) is 0.818. The van der Waals surface area contributed by atoms with E-state index in [1.54, 1.807) is 0 Å². The van der Waals surface area contributed by atoms with E-state index in [-0.39, 0.29) is 10.8 Å². The second-order valence-corrected chi connectivity index (χ2v) is 6.48. The standard InChI is InChI=1S/C11H20ClN3S/c1-5-9-14-10(16-15-9)13-7-8(12)6-11(2,3)4/h8H,5-7H2,1-4H3,(H,13,14,15). The van der Waals surface area contributed by atoms with Crippen LogP contribution < -0.4 is 5.32 Å². The Hall–Kier alpha value is -0.350. The summed E-state index contributed by atoms with van der Waals surface area (Å²) < 4.78 is 4.21. The largest absolute Gasteiger partial charge is 0.359 e. The fourth-order valence-electron chi connectivity index (χ4n) is 1.40. The first-order valence-electron chi connectivity index (χ1n) is 5.61. The van der Waals surface area contributed by atoms with Crippen molar-refractivity contribution in [2.45, 2.75) is 45.9 Å². The third kappa shape index (κ3) is 5.12. The summed E-state index contributed by atoms with van der Waals surface area (Å²) in [6, 6.07) is 0. The molecule has 1 aromatic rings. The van der Waals surface area contributed by atoms with Gasteiger partial charge in [0.1, 0.15) is 5.82 Å². The van der Waals surface area contributed by atoms with Crippen molar-refractivity contribution in [3.8, 4) is 0 Å². The van der Waals surface area contributed by atoms with Gasteiger partial charge in [0.25, 0.3) is 0 Å². The molecule has 5 heteroatoms. The van der Waals surface area contributed by atoms with E-state index >= 15 is 0 Å². The van der Waals surface area contributed by atoms with Crippen LogP contribution in [-0.2, 0) is 6.42 Å². The van der Waals surface area contributed by atoms with Crippen molar-refractivity contribution >= 4 is 28.3 Å². The third-order valence-corrected chi connectivity index (χ3v) is 3.11. The monoisotopic (exact) mass is 261 g/mol. The molecule has 92 valence electrons. The second kappa shape index (κ2) is 5.82. The zero-order chi connectivity index (χ0) is 12.2. The van der Waals surface area contributed by atoms with Crippen LogP contribution in [0.3, 0.4) is 0 Å². The maximum Gasteiger partial charge on any atom is 0.202 e. The van der Waals surface area contributed by atoms with Gasteiger partial charge in [0.15, 0.2) is 0 Å². The fourth-order valence-corrected chi connectivity index (χ4v) is 2.60. The van der Waals surface area contributed by atoms with Crippen LogP contribution in [0.1, 0.15) is 39.9 Å². The molecule has 0 aromatic carbocycles. The van der Waals surface area contributed by atoms with E-state index in [4.69, 9.17) is 11.6 Å². The van der Waals surface area contributed by atoms with Crippen LogP contribution in [0.15, 0.2) is 0 Å². The van der Waals surface area contributed by atoms with E-state index in [1.165, 1.54) is 11.5 Å². The SMILES string of the molecule is CCc1nsc(NCC(Cl)CC(C)(C)C)n1. The molecule has 0 spiro atoms. The van der Waals surface area contributed by atoms with Crippen LogP contribution >= 0.6 is 23.1 Å². The van der Waals surface area contributed by atoms with E-state index in [0.717, 1.165) is 30.3 Å². The summed E-state index contributed by atoms with van der Waals surface area (Å²) in [5.41, 5.74) is 0.268. The Morgan fingerprint density at radius 2 is 2.12 bits per heavy atom. The molecule has 0 fully saturated rings. The summed E-state index contributed by atoms with van der Waals surface area (Å²) in [6.07, 6.45) is 1.87. The van der Waals surface area contributed by atoms with E-state index in [0.29, 0.717) is 0 Å². The van der Waals surface area contributed by atoms with E-state index in [2.05, 4.69) is 42.4 Å². The van der Waals surface area contributed by atoms with Crippen LogP contribution in [0.4, 0.5) is 5.13 Å². The van der Waals surface area contributed by atoms with Crippen LogP contribution in [0.25, 0.3) is 0 Å². The van der Waals surface area contributed by atoms with Crippen LogP contribution in [-0.4, -0.2) is 21.3 Å². The van der Waals surface area contributed by atoms with Gasteiger partial charge >= 0.3 is 0 Å². The van der Waals surface area contributed by atoms with Crippen LogP contribution in [0.2, 0.25) is 0 Å². The van der Waals surface area contributed by atoms with E-state index in [9.17, 15) is 0 Å². The zero-order valence-corrected chi connectivity index (χ0v) is 12.0. The number of halogens is 1. The second-order valence-electron chi connectivity index (χ2n) is 5.11. The Kier molecular flexibility index (Phi) is 4.99. The van der Waals surface area contributed by atoms with Crippen LogP contribution in [0.5, 0.6) is 0 Å². The first-order chi connectivity index (χ1) is 7.40. The quantitative estimate of drug-likeness (QED) is 0.824. The molecule has 1 rings (SSSR count). The molecule has 3 nitrogen and oxygen atoms in total. The highest BCUT2D eigenvalue weighted by Crippen LogP contribution is 2.24. The molecule has 0 radical (unpaired) electrons. The van der Waals surface area contributed by atoms with Gasteiger partial charge in [-0.05, 0) is 11.8 Å². The van der Waals surface area contributed by atoms with Gasteiger partial charge in [-0.25, -0.2) is 4.98 Å². The van der Waals surface area contributed by atoms with Crippen molar-refractivity contribution in [3.05, 3.63) is 5.82 Å². The van der Waals surface area contributed by atoms with E-state index < -0.39 is 0 Å². The average molecular weight is 262 g/mol. The van der Waals surface area contributed by atoms with Gasteiger partial charge in [-0.1, -0.05) is 27.7 Å². The molecule has 0 bridgehead atoms. The molecule has 0 saturated carbocycles. The maximum atomic E-state index is 6.25. The Morgan fingerprint density at radius 1 is 1.44 bits per heavy atom. The average Bonchev–Trinajstić information content (AvgIpc) is 2.59. The molecule has 0 aliphatic carbocycles. The Morgan fingerprint density at radius 3 is 2.62 bits per heavy atom. The van der Waals surface area contributed by atoms with Gasteiger partial charge in [0, 0.05) is 24.5 Å². The van der Waals surface area contributed by atoms with Gasteiger partial charge < -0.3 is 5.32 Å². The predicted octanol–water partition coefficient (Wildman–Crippen LogP) is 3.56. The third-order valence-electron chi connectivity index (χ3n) is 2.09. The zero-order valence-electron chi connectivity index (χ0n) is 10.4. The number of nitrogens with zero attached hydrogens (tertiary/aromatic N) is 2. The number of alkyl halides is 1. The molecular weight excluding hydrogens is 242 g/mol. The van der Waals surface area contributed by atoms with Gasteiger partial charge in [0.05, 0.1) is 5.38 Å². The summed E-state index contributed by atoms with van der Waals surface area (Å²) in [7, 11) is 0. The van der Waals surface area contributed by atoms with Gasteiger partial charge in [-0.3, -0.25) is 0 Å². The molecule has 0 aliphatic rings. The van der Waals surface area contributed by atoms with Crippen molar-refractivity contribution in [2.75, 3.05) is 11.9 Å². The number of hydrogen-bond donors (Lipinski definition) is 1. The molecule has 1 unspecified atom stereocenters. The summed E-state index contributed by atoms with van der Waals surface area (Å²) in [6.45, 7) is 9.39. The summed E-state index contributed by atoms with van der Waals surface area (Å²) in [4.78, 5) is 4.33. The van der Waals surface area contributed by atoms with E-state index in [1.807, 2.05) is 0 Å². The minimum absolute atomic E-state index is 0.133. The maximum absolute atomic E-state index is 6.25. The van der Waals surface area contributed by atoms with Gasteiger partial charge in [0.2, 0.25) is 5.13 Å². The Labute approximate surface area is 107 Å². The topological polar surface area (TPSA) is 37.8 Å². The molecule has 16 heavy (non-hydrogen) atoms. The Balaban J connectivity index is 2.34. The number of aryl methyl sites for hydroxylation is 1. The van der Waals surface area contributed by atoms with Crippen molar-refractivity contribution in [3.63, 3.8) is 0 Å².